The molecule has 1 aromatic heterocycles. The molecule has 0 radical (unpaired) electrons. The molecule has 0 saturated carbocycles. The number of hydrogen-bond acceptors (Lipinski definition) is 3. The lowest BCUT2D eigenvalue weighted by atomic mass is 10.2. The molecule has 0 atom stereocenters. The van der Waals surface area contributed by atoms with E-state index in [1.54, 1.807) is 0 Å². The molecule has 0 aliphatic heterocycles. The fraction of sp³-hybridized carbons (Fsp3) is 0.357. The predicted octanol–water partition coefficient (Wildman–Crippen LogP) is 1.38. The lowest BCUT2D eigenvalue weighted by Crippen LogP contribution is -2.29. The molecule has 18 heavy (non-hydrogen) atoms. The Morgan fingerprint density at radius 2 is 1.94 bits per heavy atom. The zero-order valence-corrected chi connectivity index (χ0v) is 10.8. The van der Waals surface area contributed by atoms with Gasteiger partial charge in [0, 0.05) is 39.4 Å². The maximum absolute atomic E-state index is 5.69. The molecule has 0 bridgehead atoms. The number of rotatable bonds is 6. The summed E-state index contributed by atoms with van der Waals surface area (Å²) in [6.07, 6.45) is 1.83. The van der Waals surface area contributed by atoms with Crippen molar-refractivity contribution in [2.75, 3.05) is 13.1 Å². The lowest BCUT2D eigenvalue weighted by Gasteiger charge is -2.21. The number of nitrogens with two attached hydrogens (primary N) is 1. The Balaban J connectivity index is 2.02. The molecule has 1 heterocycles. The normalized spacial score (nSPS) is 11.1. The minimum atomic E-state index is 0.671. The van der Waals surface area contributed by atoms with E-state index in [2.05, 4.69) is 40.3 Å². The fourth-order valence-corrected chi connectivity index (χ4v) is 2.02. The predicted molar refractivity (Wildman–Crippen MR) is 72.8 cm³/mol. The van der Waals surface area contributed by atoms with Gasteiger partial charge in [0.05, 0.1) is 5.69 Å². The van der Waals surface area contributed by atoms with Gasteiger partial charge in [-0.15, -0.1) is 0 Å². The van der Waals surface area contributed by atoms with Crippen LogP contribution in [0.4, 0.5) is 0 Å². The zero-order chi connectivity index (χ0) is 12.8. The van der Waals surface area contributed by atoms with Gasteiger partial charge in [-0.1, -0.05) is 30.3 Å². The summed E-state index contributed by atoms with van der Waals surface area (Å²) in [6.45, 7) is 3.36. The van der Waals surface area contributed by atoms with E-state index in [1.165, 1.54) is 11.3 Å². The SMILES string of the molecule is Cn1nccc1CN(CCN)Cc1ccccc1. The second-order valence-corrected chi connectivity index (χ2v) is 4.43. The van der Waals surface area contributed by atoms with E-state index in [0.717, 1.165) is 19.6 Å². The molecule has 0 amide bonds. The van der Waals surface area contributed by atoms with Crippen LogP contribution in [0.5, 0.6) is 0 Å². The molecule has 0 saturated heterocycles. The Morgan fingerprint density at radius 3 is 2.56 bits per heavy atom. The van der Waals surface area contributed by atoms with Crippen LogP contribution in [0.15, 0.2) is 42.6 Å². The standard InChI is InChI=1S/C14H20N4/c1-17-14(7-9-16-17)12-18(10-8-15)11-13-5-3-2-4-6-13/h2-7,9H,8,10-12,15H2,1H3. The van der Waals surface area contributed by atoms with E-state index in [-0.39, 0.29) is 0 Å². The molecule has 1 aromatic carbocycles. The molecule has 4 nitrogen and oxygen atoms in total. The summed E-state index contributed by atoms with van der Waals surface area (Å²) in [5.41, 5.74) is 8.21. The minimum Gasteiger partial charge on any atom is -0.329 e. The number of hydrogen-bond donors (Lipinski definition) is 1. The van der Waals surface area contributed by atoms with Gasteiger partial charge in [-0.05, 0) is 11.6 Å². The van der Waals surface area contributed by atoms with Crippen molar-refractivity contribution >= 4 is 0 Å². The molecule has 2 N–H and O–H groups in total. The van der Waals surface area contributed by atoms with Crippen molar-refractivity contribution in [3.05, 3.63) is 53.9 Å². The third-order valence-electron chi connectivity index (χ3n) is 3.00. The fourth-order valence-electron chi connectivity index (χ4n) is 2.02. The molecule has 0 aliphatic carbocycles. The van der Waals surface area contributed by atoms with E-state index in [1.807, 2.05) is 24.0 Å². The van der Waals surface area contributed by atoms with Crippen LogP contribution in [-0.2, 0) is 20.1 Å². The monoisotopic (exact) mass is 244 g/mol. The van der Waals surface area contributed by atoms with Crippen molar-refractivity contribution in [2.24, 2.45) is 12.8 Å². The number of aromatic nitrogens is 2. The van der Waals surface area contributed by atoms with Crippen LogP contribution in [0.1, 0.15) is 11.3 Å². The highest BCUT2D eigenvalue weighted by atomic mass is 15.3. The summed E-state index contributed by atoms with van der Waals surface area (Å²) in [4.78, 5) is 2.34. The summed E-state index contributed by atoms with van der Waals surface area (Å²) in [7, 11) is 1.97. The van der Waals surface area contributed by atoms with Gasteiger partial charge in [0.25, 0.3) is 0 Å². The van der Waals surface area contributed by atoms with Gasteiger partial charge in [0.1, 0.15) is 0 Å². The first-order valence-electron chi connectivity index (χ1n) is 6.23. The summed E-state index contributed by atoms with van der Waals surface area (Å²) in [5.74, 6) is 0. The van der Waals surface area contributed by atoms with Gasteiger partial charge in [-0.25, -0.2) is 0 Å². The third-order valence-corrected chi connectivity index (χ3v) is 3.00. The van der Waals surface area contributed by atoms with E-state index < -0.39 is 0 Å². The Hall–Kier alpha value is -1.65. The van der Waals surface area contributed by atoms with Crippen molar-refractivity contribution in [1.29, 1.82) is 0 Å². The van der Waals surface area contributed by atoms with Gasteiger partial charge in [0.15, 0.2) is 0 Å². The highest BCUT2D eigenvalue weighted by Crippen LogP contribution is 2.08. The quantitative estimate of drug-likeness (QED) is 0.835. The Morgan fingerprint density at radius 1 is 1.17 bits per heavy atom. The second-order valence-electron chi connectivity index (χ2n) is 4.43. The van der Waals surface area contributed by atoms with E-state index >= 15 is 0 Å². The summed E-state index contributed by atoms with van der Waals surface area (Å²) in [5, 5.41) is 4.20. The Kier molecular flexibility index (Phi) is 4.50. The van der Waals surface area contributed by atoms with Crippen molar-refractivity contribution in [3.8, 4) is 0 Å². The molecular formula is C14H20N4. The topological polar surface area (TPSA) is 47.1 Å². The van der Waals surface area contributed by atoms with Crippen LogP contribution in [0, 0.1) is 0 Å². The van der Waals surface area contributed by atoms with E-state index in [0.29, 0.717) is 6.54 Å². The highest BCUT2D eigenvalue weighted by Gasteiger charge is 2.08. The number of aryl methyl sites for hydroxylation is 1. The second kappa shape index (κ2) is 6.33. The summed E-state index contributed by atoms with van der Waals surface area (Å²) < 4.78 is 1.91. The third kappa shape index (κ3) is 3.42. The molecule has 0 aliphatic rings. The highest BCUT2D eigenvalue weighted by molar-refractivity contribution is 5.14. The Bertz CT molecular complexity index is 464. The van der Waals surface area contributed by atoms with Gasteiger partial charge < -0.3 is 5.73 Å². The first-order valence-corrected chi connectivity index (χ1v) is 6.23. The average Bonchev–Trinajstić information content (AvgIpc) is 2.77. The van der Waals surface area contributed by atoms with Crippen LogP contribution in [0.2, 0.25) is 0 Å². The molecule has 0 unspecified atom stereocenters. The smallest absolute Gasteiger partial charge is 0.0521 e. The lowest BCUT2D eigenvalue weighted by molar-refractivity contribution is 0.257. The van der Waals surface area contributed by atoms with Gasteiger partial charge in [-0.2, -0.15) is 5.10 Å². The number of benzene rings is 1. The molecule has 4 heteroatoms. The molecule has 0 fully saturated rings. The van der Waals surface area contributed by atoms with E-state index in [9.17, 15) is 0 Å². The van der Waals surface area contributed by atoms with Crippen LogP contribution in [0.25, 0.3) is 0 Å². The van der Waals surface area contributed by atoms with Crippen LogP contribution in [-0.4, -0.2) is 27.8 Å². The van der Waals surface area contributed by atoms with Gasteiger partial charge >= 0.3 is 0 Å². The first-order chi connectivity index (χ1) is 8.79. The van der Waals surface area contributed by atoms with Crippen LogP contribution in [0.3, 0.4) is 0 Å². The molecule has 2 aromatic rings. The Labute approximate surface area is 108 Å². The van der Waals surface area contributed by atoms with Crippen LogP contribution >= 0.6 is 0 Å². The minimum absolute atomic E-state index is 0.671. The summed E-state index contributed by atoms with van der Waals surface area (Å²) >= 11 is 0. The molecule has 0 spiro atoms. The van der Waals surface area contributed by atoms with Gasteiger partial charge in [0.2, 0.25) is 0 Å². The van der Waals surface area contributed by atoms with Crippen molar-refractivity contribution in [1.82, 2.24) is 14.7 Å². The van der Waals surface area contributed by atoms with Gasteiger partial charge in [-0.3, -0.25) is 9.58 Å². The maximum Gasteiger partial charge on any atom is 0.0521 e. The van der Waals surface area contributed by atoms with E-state index in [4.69, 9.17) is 5.73 Å². The van der Waals surface area contributed by atoms with Crippen molar-refractivity contribution in [2.45, 2.75) is 13.1 Å². The maximum atomic E-state index is 5.69. The van der Waals surface area contributed by atoms with Crippen molar-refractivity contribution < 1.29 is 0 Å². The zero-order valence-electron chi connectivity index (χ0n) is 10.8. The first kappa shape index (κ1) is 12.8. The largest absolute Gasteiger partial charge is 0.329 e. The average molecular weight is 244 g/mol. The number of nitrogens with zero attached hydrogens (tertiary/aromatic N) is 3. The molecule has 2 rings (SSSR count). The summed E-state index contributed by atoms with van der Waals surface area (Å²) in [6, 6.07) is 12.5. The van der Waals surface area contributed by atoms with Crippen LogP contribution < -0.4 is 5.73 Å². The molecular weight excluding hydrogens is 224 g/mol. The molecule has 96 valence electrons. The van der Waals surface area contributed by atoms with Crippen molar-refractivity contribution in [3.63, 3.8) is 0 Å².